The Hall–Kier alpha value is -1.89. The van der Waals surface area contributed by atoms with Crippen molar-refractivity contribution in [1.82, 2.24) is 4.98 Å². The lowest BCUT2D eigenvalue weighted by molar-refractivity contribution is 1.24. The summed E-state index contributed by atoms with van der Waals surface area (Å²) in [6, 6.07) is 11.3. The van der Waals surface area contributed by atoms with E-state index < -0.39 is 0 Å². The third kappa shape index (κ3) is 2.46. The Labute approximate surface area is 126 Å². The molecule has 19 heavy (non-hydrogen) atoms. The first-order chi connectivity index (χ1) is 9.08. The molecule has 6 heteroatoms. The largest absolute Gasteiger partial charge is 0.396 e. The number of hydrogen-bond donors (Lipinski definition) is 1. The highest BCUT2D eigenvalue weighted by atomic mass is 79.9. The summed E-state index contributed by atoms with van der Waals surface area (Å²) in [5, 5.41) is 18.2. The minimum atomic E-state index is 0.141. The average molecular weight is 378 g/mol. The average Bonchev–Trinajstić information content (AvgIpc) is 2.38. The van der Waals surface area contributed by atoms with E-state index in [-0.39, 0.29) is 16.8 Å². The number of nitriles is 2. The summed E-state index contributed by atoms with van der Waals surface area (Å²) in [7, 11) is 0. The number of anilines is 1. The van der Waals surface area contributed by atoms with Gasteiger partial charge in [0, 0.05) is 10.0 Å². The molecule has 2 rings (SSSR count). The standard InChI is InChI=1S/C13H6Br2N4/c14-8-3-1-2-7(4-8)12-9(5-16)11(18)10(6-17)13(15)19-12/h1-4H,(H2,18,19). The molecule has 2 aromatic rings. The van der Waals surface area contributed by atoms with Gasteiger partial charge in [-0.1, -0.05) is 28.1 Å². The summed E-state index contributed by atoms with van der Waals surface area (Å²) in [6.07, 6.45) is 0. The Morgan fingerprint density at radius 1 is 1.11 bits per heavy atom. The lowest BCUT2D eigenvalue weighted by atomic mass is 10.0. The maximum atomic E-state index is 9.23. The van der Waals surface area contributed by atoms with Crippen LogP contribution in [0.25, 0.3) is 11.3 Å². The van der Waals surface area contributed by atoms with E-state index in [4.69, 9.17) is 11.0 Å². The van der Waals surface area contributed by atoms with E-state index in [1.165, 1.54) is 0 Å². The van der Waals surface area contributed by atoms with Crippen molar-refractivity contribution >= 4 is 37.5 Å². The highest BCUT2D eigenvalue weighted by Gasteiger charge is 2.17. The minimum Gasteiger partial charge on any atom is -0.396 e. The quantitative estimate of drug-likeness (QED) is 0.769. The van der Waals surface area contributed by atoms with Crippen LogP contribution in [0.15, 0.2) is 33.3 Å². The molecule has 0 fully saturated rings. The van der Waals surface area contributed by atoms with E-state index in [9.17, 15) is 5.26 Å². The maximum Gasteiger partial charge on any atom is 0.126 e. The lowest BCUT2D eigenvalue weighted by Crippen LogP contribution is -2.02. The topological polar surface area (TPSA) is 86.5 Å². The Kier molecular flexibility index (Phi) is 3.84. The van der Waals surface area contributed by atoms with Crippen LogP contribution < -0.4 is 5.73 Å². The van der Waals surface area contributed by atoms with Gasteiger partial charge in [0.2, 0.25) is 0 Å². The fraction of sp³-hybridized carbons (Fsp3) is 0. The van der Waals surface area contributed by atoms with Gasteiger partial charge in [0.1, 0.15) is 27.9 Å². The predicted molar refractivity (Wildman–Crippen MR) is 78.9 cm³/mol. The molecular formula is C13H6Br2N4. The van der Waals surface area contributed by atoms with Gasteiger partial charge >= 0.3 is 0 Å². The van der Waals surface area contributed by atoms with Gasteiger partial charge in [-0.2, -0.15) is 10.5 Å². The van der Waals surface area contributed by atoms with Crippen LogP contribution in [0.3, 0.4) is 0 Å². The molecule has 92 valence electrons. The van der Waals surface area contributed by atoms with Crippen LogP contribution in [-0.2, 0) is 0 Å². The molecule has 0 amide bonds. The van der Waals surface area contributed by atoms with Crippen LogP contribution in [0.5, 0.6) is 0 Å². The van der Waals surface area contributed by atoms with E-state index in [0.29, 0.717) is 10.3 Å². The molecule has 0 radical (unpaired) electrons. The van der Waals surface area contributed by atoms with Gasteiger partial charge < -0.3 is 5.73 Å². The van der Waals surface area contributed by atoms with Gasteiger partial charge in [-0.05, 0) is 28.1 Å². The highest BCUT2D eigenvalue weighted by Crippen LogP contribution is 2.32. The van der Waals surface area contributed by atoms with Gasteiger partial charge in [0.15, 0.2) is 0 Å². The zero-order valence-electron chi connectivity index (χ0n) is 9.48. The Balaban J connectivity index is 2.80. The van der Waals surface area contributed by atoms with Crippen molar-refractivity contribution in [3.05, 3.63) is 44.5 Å². The third-order valence-corrected chi connectivity index (χ3v) is 3.58. The van der Waals surface area contributed by atoms with E-state index >= 15 is 0 Å². The van der Waals surface area contributed by atoms with Crippen LogP contribution in [-0.4, -0.2) is 4.98 Å². The van der Waals surface area contributed by atoms with Gasteiger partial charge in [0.05, 0.1) is 11.4 Å². The summed E-state index contributed by atoms with van der Waals surface area (Å²) in [5.41, 5.74) is 7.58. The maximum absolute atomic E-state index is 9.23. The van der Waals surface area contributed by atoms with Crippen molar-refractivity contribution in [3.63, 3.8) is 0 Å². The fourth-order valence-electron chi connectivity index (χ4n) is 1.64. The Morgan fingerprint density at radius 3 is 2.37 bits per heavy atom. The molecule has 2 N–H and O–H groups in total. The predicted octanol–water partition coefficient (Wildman–Crippen LogP) is 3.60. The zero-order chi connectivity index (χ0) is 14.0. The summed E-state index contributed by atoms with van der Waals surface area (Å²) in [5.74, 6) is 0. The van der Waals surface area contributed by atoms with Crippen LogP contribution in [0, 0.1) is 22.7 Å². The molecule has 0 aliphatic carbocycles. The minimum absolute atomic E-state index is 0.141. The molecule has 0 aliphatic rings. The Morgan fingerprint density at radius 2 is 1.79 bits per heavy atom. The van der Waals surface area contributed by atoms with Crippen molar-refractivity contribution < 1.29 is 0 Å². The van der Waals surface area contributed by atoms with Crippen molar-refractivity contribution in [3.8, 4) is 23.4 Å². The second kappa shape index (κ2) is 5.40. The summed E-state index contributed by atoms with van der Waals surface area (Å²) in [4.78, 5) is 4.26. The molecule has 0 unspecified atom stereocenters. The molecule has 0 bridgehead atoms. The first-order valence-corrected chi connectivity index (χ1v) is 6.72. The SMILES string of the molecule is N#Cc1c(Br)nc(-c2cccc(Br)c2)c(C#N)c1N. The number of halogens is 2. The van der Waals surface area contributed by atoms with E-state index in [0.717, 1.165) is 10.0 Å². The van der Waals surface area contributed by atoms with Gasteiger partial charge in [-0.3, -0.25) is 0 Å². The summed E-state index contributed by atoms with van der Waals surface area (Å²) >= 11 is 6.57. The molecule has 0 atom stereocenters. The smallest absolute Gasteiger partial charge is 0.126 e. The van der Waals surface area contributed by atoms with Crippen molar-refractivity contribution in [2.45, 2.75) is 0 Å². The molecule has 1 aromatic carbocycles. The number of aromatic nitrogens is 1. The molecule has 0 saturated carbocycles. The van der Waals surface area contributed by atoms with Crippen LogP contribution in [0.2, 0.25) is 0 Å². The molecule has 0 spiro atoms. The number of nitrogens with zero attached hydrogens (tertiary/aromatic N) is 3. The number of pyridine rings is 1. The third-order valence-electron chi connectivity index (χ3n) is 2.51. The highest BCUT2D eigenvalue weighted by molar-refractivity contribution is 9.10. The Bertz CT molecular complexity index is 742. The molecule has 1 aromatic heterocycles. The van der Waals surface area contributed by atoms with E-state index in [1.54, 1.807) is 0 Å². The lowest BCUT2D eigenvalue weighted by Gasteiger charge is -2.09. The normalized spacial score (nSPS) is 9.68. The second-order valence-electron chi connectivity index (χ2n) is 3.65. The van der Waals surface area contributed by atoms with E-state index in [1.807, 2.05) is 36.4 Å². The van der Waals surface area contributed by atoms with Crippen molar-refractivity contribution in [2.75, 3.05) is 5.73 Å². The van der Waals surface area contributed by atoms with E-state index in [2.05, 4.69) is 36.8 Å². The molecule has 1 heterocycles. The monoisotopic (exact) mass is 376 g/mol. The number of nitrogens with two attached hydrogens (primary N) is 1. The first-order valence-electron chi connectivity index (χ1n) is 5.13. The van der Waals surface area contributed by atoms with Gasteiger partial charge in [0.25, 0.3) is 0 Å². The fourth-order valence-corrected chi connectivity index (χ4v) is 2.52. The number of nitrogen functional groups attached to an aromatic ring is 1. The second-order valence-corrected chi connectivity index (χ2v) is 5.32. The molecular weight excluding hydrogens is 372 g/mol. The number of benzene rings is 1. The summed E-state index contributed by atoms with van der Waals surface area (Å²) < 4.78 is 1.20. The molecule has 0 saturated heterocycles. The zero-order valence-corrected chi connectivity index (χ0v) is 12.7. The number of hydrogen-bond acceptors (Lipinski definition) is 4. The van der Waals surface area contributed by atoms with Gasteiger partial charge in [-0.25, -0.2) is 4.98 Å². The van der Waals surface area contributed by atoms with Crippen LogP contribution in [0.1, 0.15) is 11.1 Å². The summed E-state index contributed by atoms with van der Waals surface area (Å²) in [6.45, 7) is 0. The molecule has 4 nitrogen and oxygen atoms in total. The first kappa shape index (κ1) is 13.5. The molecule has 0 aliphatic heterocycles. The number of rotatable bonds is 1. The van der Waals surface area contributed by atoms with Crippen LogP contribution in [0.4, 0.5) is 5.69 Å². The van der Waals surface area contributed by atoms with Crippen molar-refractivity contribution in [2.24, 2.45) is 0 Å². The van der Waals surface area contributed by atoms with Gasteiger partial charge in [-0.15, -0.1) is 0 Å². The van der Waals surface area contributed by atoms with Crippen LogP contribution >= 0.6 is 31.9 Å². The van der Waals surface area contributed by atoms with Crippen molar-refractivity contribution in [1.29, 1.82) is 10.5 Å².